The van der Waals surface area contributed by atoms with Gasteiger partial charge in [0.25, 0.3) is 0 Å². The van der Waals surface area contributed by atoms with Gasteiger partial charge in [0, 0.05) is 20.3 Å². The lowest BCUT2D eigenvalue weighted by Crippen LogP contribution is -2.51. The fraction of sp³-hybridized carbons (Fsp3) is 0.875. The van der Waals surface area contributed by atoms with Crippen LogP contribution in [0.1, 0.15) is 99.3 Å². The molecule has 4 unspecified atom stereocenters. The van der Waals surface area contributed by atoms with Gasteiger partial charge >= 0.3 is 5.97 Å². The highest BCUT2D eigenvalue weighted by Crippen LogP contribution is 2.69. The fourth-order valence-electron chi connectivity index (χ4n) is 9.92. The minimum atomic E-state index is -0.143. The average Bonchev–Trinajstić information content (AvgIpc) is 3.33. The monoisotopic (exact) mass is 529 g/mol. The second-order valence-electron chi connectivity index (χ2n) is 14.0. The van der Waals surface area contributed by atoms with E-state index in [2.05, 4.69) is 39.1 Å². The summed E-state index contributed by atoms with van der Waals surface area (Å²) in [6, 6.07) is 0. The molecule has 6 heteroatoms. The lowest BCUT2D eigenvalue weighted by Gasteiger charge is -2.58. The first-order valence-corrected chi connectivity index (χ1v) is 15.4. The van der Waals surface area contributed by atoms with Gasteiger partial charge in [-0.15, -0.1) is 0 Å². The fourth-order valence-corrected chi connectivity index (χ4v) is 9.92. The van der Waals surface area contributed by atoms with Gasteiger partial charge in [-0.1, -0.05) is 39.3 Å². The zero-order valence-corrected chi connectivity index (χ0v) is 24.6. The van der Waals surface area contributed by atoms with E-state index in [0.29, 0.717) is 48.7 Å². The SMILES string of the molecule is CC(=O)NCOCC(C)CC[C@H]1O[C@H]2CC3C4CC=C5C[C@H](OC(C)=O)CC[C@]5(C)C4CC[C@]3(C)[C@H]2[C@@H]1C. The lowest BCUT2D eigenvalue weighted by atomic mass is 9.47. The summed E-state index contributed by atoms with van der Waals surface area (Å²) < 4.78 is 18.1. The summed E-state index contributed by atoms with van der Waals surface area (Å²) in [7, 11) is 0. The highest BCUT2D eigenvalue weighted by atomic mass is 16.5. The minimum absolute atomic E-state index is 0.0522. The van der Waals surface area contributed by atoms with Gasteiger partial charge in [0.15, 0.2) is 0 Å². The van der Waals surface area contributed by atoms with Crippen LogP contribution in [-0.4, -0.2) is 43.5 Å². The second-order valence-corrected chi connectivity index (χ2v) is 14.0. The number of hydrogen-bond donors (Lipinski definition) is 1. The summed E-state index contributed by atoms with van der Waals surface area (Å²) in [5.41, 5.74) is 2.22. The normalized spacial score (nSPS) is 44.2. The van der Waals surface area contributed by atoms with Crippen LogP contribution in [0.5, 0.6) is 0 Å². The molecule has 214 valence electrons. The number of ether oxygens (including phenoxy) is 3. The van der Waals surface area contributed by atoms with Crippen molar-refractivity contribution in [3.05, 3.63) is 11.6 Å². The van der Waals surface area contributed by atoms with Crippen molar-refractivity contribution in [3.63, 3.8) is 0 Å². The van der Waals surface area contributed by atoms with E-state index in [4.69, 9.17) is 14.2 Å². The van der Waals surface area contributed by atoms with E-state index in [-0.39, 0.29) is 23.4 Å². The van der Waals surface area contributed by atoms with E-state index in [0.717, 1.165) is 49.9 Å². The molecule has 0 radical (unpaired) electrons. The molecule has 1 heterocycles. The first kappa shape index (κ1) is 28.1. The van der Waals surface area contributed by atoms with Crippen LogP contribution in [0, 0.1) is 46.3 Å². The molecule has 1 amide bonds. The Morgan fingerprint density at radius 1 is 1.18 bits per heavy atom. The predicted molar refractivity (Wildman–Crippen MR) is 147 cm³/mol. The number of carbonyl (C=O) groups excluding carboxylic acids is 2. The van der Waals surface area contributed by atoms with Crippen molar-refractivity contribution in [2.24, 2.45) is 46.3 Å². The summed E-state index contributed by atoms with van der Waals surface area (Å²) in [5, 5.41) is 2.70. The van der Waals surface area contributed by atoms with E-state index in [1.165, 1.54) is 39.5 Å². The van der Waals surface area contributed by atoms with Gasteiger partial charge in [-0.2, -0.15) is 0 Å². The Balaban J connectivity index is 1.20. The molecule has 0 aromatic rings. The molecular formula is C32H51NO5. The largest absolute Gasteiger partial charge is 0.462 e. The van der Waals surface area contributed by atoms with E-state index in [1.807, 2.05) is 0 Å². The molecule has 4 fully saturated rings. The zero-order chi connectivity index (χ0) is 27.2. The minimum Gasteiger partial charge on any atom is -0.462 e. The molecule has 6 nitrogen and oxygen atoms in total. The second kappa shape index (κ2) is 10.9. The van der Waals surface area contributed by atoms with Gasteiger partial charge in [0.2, 0.25) is 5.91 Å². The Bertz CT molecular complexity index is 933. The molecule has 0 aromatic carbocycles. The van der Waals surface area contributed by atoms with Crippen molar-refractivity contribution >= 4 is 11.9 Å². The van der Waals surface area contributed by atoms with Crippen LogP contribution in [0.2, 0.25) is 0 Å². The molecule has 5 rings (SSSR count). The molecule has 0 spiro atoms. The van der Waals surface area contributed by atoms with E-state index >= 15 is 0 Å². The van der Waals surface area contributed by atoms with Crippen molar-refractivity contribution < 1.29 is 23.8 Å². The van der Waals surface area contributed by atoms with Crippen LogP contribution in [0.3, 0.4) is 0 Å². The summed E-state index contributed by atoms with van der Waals surface area (Å²) >= 11 is 0. The van der Waals surface area contributed by atoms with Crippen molar-refractivity contribution in [1.29, 1.82) is 0 Å². The number of hydrogen-bond acceptors (Lipinski definition) is 5. The molecule has 1 N–H and O–H groups in total. The molecular weight excluding hydrogens is 478 g/mol. The smallest absolute Gasteiger partial charge is 0.302 e. The standard InChI is InChI=1S/C32H51NO5/c1-19(17-36-18-33-21(3)34)7-10-28-20(2)30-29(38-28)16-27-25-9-8-23-15-24(37-22(4)35)11-13-31(23,5)26(25)12-14-32(27,30)6/h8,19-20,24-30H,7,9-18H2,1-6H3,(H,33,34)/t19?,20-,24-,25?,26?,27?,28-,29+,30+,31+,32+/m1/s1. The Morgan fingerprint density at radius 2 is 1.97 bits per heavy atom. The molecule has 4 aliphatic carbocycles. The molecule has 5 aliphatic rings. The highest BCUT2D eigenvalue weighted by Gasteiger charge is 2.65. The van der Waals surface area contributed by atoms with Crippen LogP contribution < -0.4 is 5.32 Å². The predicted octanol–water partition coefficient (Wildman–Crippen LogP) is 6.04. The van der Waals surface area contributed by atoms with Crippen LogP contribution in [0.25, 0.3) is 0 Å². The Morgan fingerprint density at radius 3 is 2.71 bits per heavy atom. The molecule has 1 aliphatic heterocycles. The number of esters is 1. The molecule has 1 saturated heterocycles. The molecule has 0 bridgehead atoms. The number of carbonyl (C=O) groups is 2. The third-order valence-corrected chi connectivity index (χ3v) is 11.7. The van der Waals surface area contributed by atoms with Gasteiger partial charge < -0.3 is 19.5 Å². The quantitative estimate of drug-likeness (QED) is 0.180. The summed E-state index contributed by atoms with van der Waals surface area (Å²) in [4.78, 5) is 22.6. The van der Waals surface area contributed by atoms with Crippen LogP contribution >= 0.6 is 0 Å². The van der Waals surface area contributed by atoms with Gasteiger partial charge in [-0.3, -0.25) is 9.59 Å². The van der Waals surface area contributed by atoms with E-state index in [1.54, 1.807) is 5.57 Å². The van der Waals surface area contributed by atoms with Crippen molar-refractivity contribution in [3.8, 4) is 0 Å². The number of rotatable bonds is 8. The lowest BCUT2D eigenvalue weighted by molar-refractivity contribution is -0.148. The highest BCUT2D eigenvalue weighted by molar-refractivity contribution is 5.72. The maximum Gasteiger partial charge on any atom is 0.302 e. The van der Waals surface area contributed by atoms with Gasteiger partial charge in [0.05, 0.1) is 18.8 Å². The Kier molecular flexibility index (Phi) is 8.05. The Hall–Kier alpha value is -1.40. The maximum atomic E-state index is 11.6. The van der Waals surface area contributed by atoms with Gasteiger partial charge in [-0.05, 0) is 97.7 Å². The summed E-state index contributed by atoms with van der Waals surface area (Å²) in [6.45, 7) is 13.9. The van der Waals surface area contributed by atoms with Crippen LogP contribution in [0.4, 0.5) is 0 Å². The topological polar surface area (TPSA) is 73.9 Å². The number of fused-ring (bicyclic) bond motifs is 7. The van der Waals surface area contributed by atoms with Crippen LogP contribution in [0.15, 0.2) is 11.6 Å². The maximum absolute atomic E-state index is 11.6. The number of allylic oxidation sites excluding steroid dienone is 1. The molecule has 11 atom stereocenters. The first-order valence-electron chi connectivity index (χ1n) is 15.4. The van der Waals surface area contributed by atoms with E-state index < -0.39 is 0 Å². The third-order valence-electron chi connectivity index (χ3n) is 11.7. The van der Waals surface area contributed by atoms with Crippen LogP contribution in [-0.2, 0) is 23.8 Å². The van der Waals surface area contributed by atoms with Gasteiger partial charge in [-0.25, -0.2) is 0 Å². The van der Waals surface area contributed by atoms with Gasteiger partial charge in [0.1, 0.15) is 12.8 Å². The summed E-state index contributed by atoms with van der Waals surface area (Å²) in [6.07, 6.45) is 13.7. The van der Waals surface area contributed by atoms with Crippen molar-refractivity contribution in [2.45, 2.75) is 118 Å². The van der Waals surface area contributed by atoms with Crippen molar-refractivity contribution in [2.75, 3.05) is 13.3 Å². The number of nitrogens with one attached hydrogen (secondary N) is 1. The van der Waals surface area contributed by atoms with Crippen molar-refractivity contribution in [1.82, 2.24) is 5.32 Å². The zero-order valence-electron chi connectivity index (χ0n) is 24.6. The molecule has 38 heavy (non-hydrogen) atoms. The molecule has 0 aromatic heterocycles. The summed E-state index contributed by atoms with van der Waals surface area (Å²) in [5.74, 6) is 3.79. The number of amides is 1. The molecule has 3 saturated carbocycles. The average molecular weight is 530 g/mol. The van der Waals surface area contributed by atoms with E-state index in [9.17, 15) is 9.59 Å². The Labute approximate surface area is 230 Å². The first-order chi connectivity index (χ1) is 18.0. The third kappa shape index (κ3) is 5.09.